The number of carbonyl (C=O) groups is 3. The lowest BCUT2D eigenvalue weighted by atomic mass is 9.97. The van der Waals surface area contributed by atoms with Crippen LogP contribution in [0.15, 0.2) is 18.2 Å². The van der Waals surface area contributed by atoms with Gasteiger partial charge in [0.25, 0.3) is 5.91 Å². The molecule has 3 aliphatic heterocycles. The van der Waals surface area contributed by atoms with E-state index in [0.29, 0.717) is 25.4 Å². The van der Waals surface area contributed by atoms with Crippen LogP contribution in [0.4, 0.5) is 0 Å². The van der Waals surface area contributed by atoms with Crippen LogP contribution in [0.25, 0.3) is 0 Å². The number of likely N-dealkylation sites (tertiary alicyclic amines) is 1. The van der Waals surface area contributed by atoms with Crippen molar-refractivity contribution in [1.29, 1.82) is 0 Å². The highest BCUT2D eigenvalue weighted by Gasteiger charge is 2.40. The van der Waals surface area contributed by atoms with Crippen molar-refractivity contribution in [3.05, 3.63) is 34.9 Å². The van der Waals surface area contributed by atoms with Crippen LogP contribution in [0.1, 0.15) is 34.3 Å². The number of amides is 3. The summed E-state index contributed by atoms with van der Waals surface area (Å²) in [5, 5.41) is 2.34. The van der Waals surface area contributed by atoms with Crippen LogP contribution in [0, 0.1) is 5.92 Å². The van der Waals surface area contributed by atoms with Gasteiger partial charge in [0.2, 0.25) is 11.8 Å². The van der Waals surface area contributed by atoms with Crippen LogP contribution in [0.2, 0.25) is 0 Å². The topological polar surface area (TPSA) is 95.7 Å². The van der Waals surface area contributed by atoms with Gasteiger partial charge in [0.05, 0.1) is 0 Å². The highest BCUT2D eigenvalue weighted by molar-refractivity contribution is 6.05. The van der Waals surface area contributed by atoms with Gasteiger partial charge in [-0.25, -0.2) is 0 Å². The molecule has 7 nitrogen and oxygen atoms in total. The van der Waals surface area contributed by atoms with Crippen LogP contribution >= 0.6 is 0 Å². The van der Waals surface area contributed by atoms with Gasteiger partial charge >= 0.3 is 0 Å². The maximum absolute atomic E-state index is 13.0. The van der Waals surface area contributed by atoms with Crippen molar-refractivity contribution >= 4 is 17.7 Å². The van der Waals surface area contributed by atoms with Crippen LogP contribution in [0.5, 0.6) is 0 Å². The molecule has 0 saturated carbocycles. The predicted octanol–water partition coefficient (Wildman–Crippen LogP) is -0.162. The molecule has 3 aliphatic rings. The molecule has 0 radical (unpaired) electrons. The van der Waals surface area contributed by atoms with Gasteiger partial charge in [-0.3, -0.25) is 24.6 Å². The molecule has 1 unspecified atom stereocenters. The normalized spacial score (nSPS) is 24.3. The standard InChI is InChI=1S/C18H22N4O3/c19-6-11-7-21(8-11)9-12-2-1-3-13-10-22(18(25)16(12)13)14-4-5-15(23)20-17(14)24/h1-3,11,14H,4-10,19H2,(H,20,23,24). The molecule has 1 aromatic rings. The molecule has 2 saturated heterocycles. The summed E-state index contributed by atoms with van der Waals surface area (Å²) in [5.41, 5.74) is 8.37. The summed E-state index contributed by atoms with van der Waals surface area (Å²) in [6, 6.07) is 5.34. The van der Waals surface area contributed by atoms with Crippen LogP contribution < -0.4 is 11.1 Å². The minimum absolute atomic E-state index is 0.101. The average Bonchev–Trinajstić information content (AvgIpc) is 2.88. The number of rotatable bonds is 4. The minimum atomic E-state index is -0.559. The Morgan fingerprint density at radius 3 is 2.72 bits per heavy atom. The summed E-state index contributed by atoms with van der Waals surface area (Å²) in [5.74, 6) is -0.186. The van der Waals surface area contributed by atoms with E-state index >= 15 is 0 Å². The first-order valence-corrected chi connectivity index (χ1v) is 8.74. The minimum Gasteiger partial charge on any atom is -0.330 e. The van der Waals surface area contributed by atoms with Crippen molar-refractivity contribution in [3.8, 4) is 0 Å². The summed E-state index contributed by atoms with van der Waals surface area (Å²) >= 11 is 0. The first-order chi connectivity index (χ1) is 12.1. The molecule has 3 amide bonds. The fourth-order valence-corrected chi connectivity index (χ4v) is 4.02. The van der Waals surface area contributed by atoms with E-state index in [1.165, 1.54) is 0 Å². The van der Waals surface area contributed by atoms with E-state index < -0.39 is 6.04 Å². The van der Waals surface area contributed by atoms with Gasteiger partial charge in [-0.1, -0.05) is 18.2 Å². The third-order valence-electron chi connectivity index (χ3n) is 5.40. The number of imide groups is 1. The molecule has 132 valence electrons. The Balaban J connectivity index is 1.52. The first kappa shape index (κ1) is 16.2. The van der Waals surface area contributed by atoms with Crippen molar-refractivity contribution < 1.29 is 14.4 Å². The second-order valence-corrected chi connectivity index (χ2v) is 7.15. The van der Waals surface area contributed by atoms with E-state index in [0.717, 1.165) is 36.3 Å². The Labute approximate surface area is 146 Å². The lowest BCUT2D eigenvalue weighted by Crippen LogP contribution is -2.52. The van der Waals surface area contributed by atoms with E-state index in [1.807, 2.05) is 18.2 Å². The lowest BCUT2D eigenvalue weighted by Gasteiger charge is -2.39. The van der Waals surface area contributed by atoms with Crippen molar-refractivity contribution in [2.75, 3.05) is 19.6 Å². The molecule has 1 atom stereocenters. The molecule has 0 spiro atoms. The second kappa shape index (κ2) is 6.24. The van der Waals surface area contributed by atoms with E-state index in [2.05, 4.69) is 10.2 Å². The third kappa shape index (κ3) is 2.83. The summed E-state index contributed by atoms with van der Waals surface area (Å²) in [6.07, 6.45) is 0.668. The van der Waals surface area contributed by atoms with Gasteiger partial charge in [-0.15, -0.1) is 0 Å². The molecule has 1 aromatic carbocycles. The van der Waals surface area contributed by atoms with Crippen molar-refractivity contribution in [3.63, 3.8) is 0 Å². The molecule has 0 aromatic heterocycles. The maximum Gasteiger partial charge on any atom is 0.255 e. The Morgan fingerprint density at radius 1 is 1.20 bits per heavy atom. The van der Waals surface area contributed by atoms with E-state index in [4.69, 9.17) is 5.73 Å². The number of nitrogens with one attached hydrogen (secondary N) is 1. The van der Waals surface area contributed by atoms with Gasteiger partial charge in [-0.2, -0.15) is 0 Å². The summed E-state index contributed by atoms with van der Waals surface area (Å²) < 4.78 is 0. The highest BCUT2D eigenvalue weighted by atomic mass is 16.2. The lowest BCUT2D eigenvalue weighted by molar-refractivity contribution is -0.136. The Kier molecular flexibility index (Phi) is 4.05. The van der Waals surface area contributed by atoms with Gasteiger partial charge < -0.3 is 10.6 Å². The van der Waals surface area contributed by atoms with E-state index in [1.54, 1.807) is 4.90 Å². The SMILES string of the molecule is NCC1CN(Cc2cccc3c2C(=O)N(C2CCC(=O)NC2=O)C3)C1. The van der Waals surface area contributed by atoms with Crippen LogP contribution in [-0.4, -0.2) is 53.2 Å². The molecular formula is C18H22N4O3. The predicted molar refractivity (Wildman–Crippen MR) is 90.3 cm³/mol. The zero-order valence-corrected chi connectivity index (χ0v) is 14.0. The smallest absolute Gasteiger partial charge is 0.255 e. The highest BCUT2D eigenvalue weighted by Crippen LogP contribution is 2.31. The summed E-state index contributed by atoms with van der Waals surface area (Å²) in [7, 11) is 0. The zero-order valence-electron chi connectivity index (χ0n) is 14.0. The van der Waals surface area contributed by atoms with Crippen molar-refractivity contribution in [2.24, 2.45) is 11.7 Å². The quantitative estimate of drug-likeness (QED) is 0.741. The fourth-order valence-electron chi connectivity index (χ4n) is 4.02. The Hall–Kier alpha value is -2.25. The third-order valence-corrected chi connectivity index (χ3v) is 5.40. The van der Waals surface area contributed by atoms with Gasteiger partial charge in [0, 0.05) is 38.2 Å². The second-order valence-electron chi connectivity index (χ2n) is 7.15. The number of nitrogens with zero attached hydrogens (tertiary/aromatic N) is 2. The van der Waals surface area contributed by atoms with Crippen molar-refractivity contribution in [2.45, 2.75) is 32.0 Å². The number of hydrogen-bond acceptors (Lipinski definition) is 5. The summed E-state index contributed by atoms with van der Waals surface area (Å²) in [6.45, 7) is 3.79. The van der Waals surface area contributed by atoms with Gasteiger partial charge in [0.15, 0.2) is 0 Å². The number of benzene rings is 1. The zero-order chi connectivity index (χ0) is 17.6. The largest absolute Gasteiger partial charge is 0.330 e. The van der Waals surface area contributed by atoms with Gasteiger partial charge in [-0.05, 0) is 30.0 Å². The number of piperidine rings is 1. The average molecular weight is 342 g/mol. The van der Waals surface area contributed by atoms with Crippen LogP contribution in [-0.2, 0) is 22.7 Å². The number of fused-ring (bicyclic) bond motifs is 1. The molecule has 3 heterocycles. The monoisotopic (exact) mass is 342 g/mol. The van der Waals surface area contributed by atoms with Crippen LogP contribution in [0.3, 0.4) is 0 Å². The van der Waals surface area contributed by atoms with E-state index in [9.17, 15) is 14.4 Å². The molecule has 7 heteroatoms. The first-order valence-electron chi connectivity index (χ1n) is 8.74. The molecule has 4 rings (SSSR count). The number of carbonyl (C=O) groups excluding carboxylic acids is 3. The molecule has 3 N–H and O–H groups in total. The Bertz CT molecular complexity index is 742. The molecular weight excluding hydrogens is 320 g/mol. The molecule has 0 bridgehead atoms. The Morgan fingerprint density at radius 2 is 2.00 bits per heavy atom. The number of nitrogens with two attached hydrogens (primary N) is 1. The van der Waals surface area contributed by atoms with E-state index in [-0.39, 0.29) is 24.1 Å². The van der Waals surface area contributed by atoms with Crippen molar-refractivity contribution in [1.82, 2.24) is 15.1 Å². The molecule has 2 fully saturated rings. The number of hydrogen-bond donors (Lipinski definition) is 2. The molecule has 25 heavy (non-hydrogen) atoms. The fraction of sp³-hybridized carbons (Fsp3) is 0.500. The molecule has 0 aliphatic carbocycles. The maximum atomic E-state index is 13.0. The summed E-state index contributed by atoms with van der Waals surface area (Å²) in [4.78, 5) is 40.3. The van der Waals surface area contributed by atoms with Gasteiger partial charge in [0.1, 0.15) is 6.04 Å².